The van der Waals surface area contributed by atoms with E-state index in [9.17, 15) is 4.39 Å². The molecular formula is C21H24FN7O. The van der Waals surface area contributed by atoms with Crippen LogP contribution in [-0.2, 0) is 4.74 Å². The van der Waals surface area contributed by atoms with Gasteiger partial charge in [-0.25, -0.2) is 9.67 Å². The first kappa shape index (κ1) is 19.0. The molecule has 2 fully saturated rings. The van der Waals surface area contributed by atoms with E-state index in [1.807, 2.05) is 0 Å². The summed E-state index contributed by atoms with van der Waals surface area (Å²) in [4.78, 5) is 13.0. The lowest BCUT2D eigenvalue weighted by Crippen LogP contribution is -2.56. The Morgan fingerprint density at radius 3 is 2.67 bits per heavy atom. The number of hydrogen-bond acceptors (Lipinski definition) is 7. The van der Waals surface area contributed by atoms with Crippen molar-refractivity contribution < 1.29 is 9.13 Å². The van der Waals surface area contributed by atoms with Crippen LogP contribution in [0.25, 0.3) is 5.82 Å². The van der Waals surface area contributed by atoms with E-state index in [0.717, 1.165) is 50.6 Å². The molecule has 0 bridgehead atoms. The number of nitrogens with one attached hydrogen (secondary N) is 1. The molecule has 2 aromatic heterocycles. The maximum atomic E-state index is 13.4. The average molecular weight is 409 g/mol. The molecule has 0 aliphatic carbocycles. The third-order valence-corrected chi connectivity index (χ3v) is 5.56. The normalized spacial score (nSPS) is 17.7. The first-order chi connectivity index (χ1) is 14.6. The van der Waals surface area contributed by atoms with Crippen LogP contribution in [0.3, 0.4) is 0 Å². The summed E-state index contributed by atoms with van der Waals surface area (Å²) in [5.41, 5.74) is 3.27. The maximum Gasteiger partial charge on any atom is 0.247 e. The van der Waals surface area contributed by atoms with Crippen molar-refractivity contribution in [3.05, 3.63) is 54.2 Å². The van der Waals surface area contributed by atoms with Crippen molar-refractivity contribution in [2.75, 3.05) is 49.6 Å². The predicted molar refractivity (Wildman–Crippen MR) is 112 cm³/mol. The second-order valence-corrected chi connectivity index (χ2v) is 7.73. The quantitative estimate of drug-likeness (QED) is 0.649. The molecule has 0 amide bonds. The van der Waals surface area contributed by atoms with E-state index in [1.165, 1.54) is 22.8 Å². The molecule has 5 rings (SSSR count). The second kappa shape index (κ2) is 8.00. The number of rotatable bonds is 5. The van der Waals surface area contributed by atoms with Gasteiger partial charge in [0.2, 0.25) is 11.9 Å². The number of anilines is 3. The molecule has 30 heavy (non-hydrogen) atoms. The summed E-state index contributed by atoms with van der Waals surface area (Å²) >= 11 is 0. The molecule has 0 spiro atoms. The largest absolute Gasteiger partial charge is 0.378 e. The van der Waals surface area contributed by atoms with Gasteiger partial charge in [-0.15, -0.1) is 5.10 Å². The Hall–Kier alpha value is -3.04. The van der Waals surface area contributed by atoms with E-state index in [4.69, 9.17) is 4.74 Å². The van der Waals surface area contributed by atoms with Crippen LogP contribution in [0.4, 0.5) is 21.7 Å². The second-order valence-electron chi connectivity index (χ2n) is 7.73. The summed E-state index contributed by atoms with van der Waals surface area (Å²) < 4.78 is 20.1. The van der Waals surface area contributed by atoms with Crippen LogP contribution in [0, 0.1) is 12.9 Å². The Kier molecular flexibility index (Phi) is 5.06. The lowest BCUT2D eigenvalue weighted by molar-refractivity contribution is -0.0660. The molecule has 8 nitrogen and oxygen atoms in total. The van der Waals surface area contributed by atoms with Gasteiger partial charge in [-0.2, -0.15) is 9.37 Å². The highest BCUT2D eigenvalue weighted by molar-refractivity contribution is 5.64. The van der Waals surface area contributed by atoms with Crippen LogP contribution in [0.2, 0.25) is 0 Å². The van der Waals surface area contributed by atoms with Gasteiger partial charge < -0.3 is 15.0 Å². The van der Waals surface area contributed by atoms with Crippen molar-refractivity contribution >= 4 is 17.3 Å². The van der Waals surface area contributed by atoms with Crippen molar-refractivity contribution in [2.24, 2.45) is 0 Å². The molecule has 1 aromatic carbocycles. The molecule has 0 atom stereocenters. The van der Waals surface area contributed by atoms with Crippen molar-refractivity contribution in [1.82, 2.24) is 24.6 Å². The topological polar surface area (TPSA) is 71.3 Å². The Morgan fingerprint density at radius 1 is 1.10 bits per heavy atom. The van der Waals surface area contributed by atoms with Gasteiger partial charge in [-0.05, 0) is 42.8 Å². The molecule has 0 radical (unpaired) electrons. The summed E-state index contributed by atoms with van der Waals surface area (Å²) in [5.74, 6) is 0.272. The smallest absolute Gasteiger partial charge is 0.247 e. The van der Waals surface area contributed by atoms with Crippen molar-refractivity contribution in [3.8, 4) is 5.82 Å². The third-order valence-electron chi connectivity index (χ3n) is 5.56. The molecular weight excluding hydrogens is 385 g/mol. The average Bonchev–Trinajstić information content (AvgIpc) is 3.15. The number of halogens is 1. The van der Waals surface area contributed by atoms with Crippen LogP contribution in [0.5, 0.6) is 0 Å². The summed E-state index contributed by atoms with van der Waals surface area (Å²) in [5, 5.41) is 7.62. The minimum Gasteiger partial charge on any atom is -0.378 e. The molecule has 1 N–H and O–H groups in total. The van der Waals surface area contributed by atoms with E-state index in [1.54, 1.807) is 12.1 Å². The summed E-state index contributed by atoms with van der Waals surface area (Å²) in [7, 11) is 0. The van der Waals surface area contributed by atoms with E-state index in [-0.39, 0.29) is 0 Å². The van der Waals surface area contributed by atoms with E-state index < -0.39 is 5.95 Å². The number of aryl methyl sites for hydroxylation is 1. The van der Waals surface area contributed by atoms with Gasteiger partial charge in [0, 0.05) is 37.6 Å². The number of nitrogens with zero attached hydrogens (tertiary/aromatic N) is 6. The summed E-state index contributed by atoms with van der Waals surface area (Å²) in [6.07, 6.45) is 1.52. The summed E-state index contributed by atoms with van der Waals surface area (Å²) in [6, 6.07) is 11.6. The summed E-state index contributed by atoms with van der Waals surface area (Å²) in [6.45, 7) is 7.91. The van der Waals surface area contributed by atoms with Crippen molar-refractivity contribution in [3.63, 3.8) is 0 Å². The van der Waals surface area contributed by atoms with Crippen LogP contribution >= 0.6 is 0 Å². The molecule has 3 aromatic rings. The van der Waals surface area contributed by atoms with Gasteiger partial charge in [0.15, 0.2) is 5.82 Å². The van der Waals surface area contributed by atoms with Gasteiger partial charge in [0.1, 0.15) is 6.33 Å². The minimum absolute atomic E-state index is 0.384. The molecule has 156 valence electrons. The first-order valence-corrected chi connectivity index (χ1v) is 10.1. The van der Waals surface area contributed by atoms with Gasteiger partial charge in [-0.1, -0.05) is 6.07 Å². The monoisotopic (exact) mass is 409 g/mol. The number of benzene rings is 1. The Bertz CT molecular complexity index is 1030. The predicted octanol–water partition coefficient (Wildman–Crippen LogP) is 2.37. The lowest BCUT2D eigenvalue weighted by Gasteiger charge is -2.43. The zero-order chi connectivity index (χ0) is 20.5. The highest BCUT2D eigenvalue weighted by atomic mass is 19.1. The standard InChI is InChI=1S/C21H24FN7O/c1-15-9-16(24-21-23-14-29(26-21)20-4-2-3-19(22)25-20)11-17(10-15)27-5-7-28(8-6-27)18-12-30-13-18/h2-4,9-11,14,18H,5-8,12-13H2,1H3,(H,24,26). The lowest BCUT2D eigenvalue weighted by atomic mass is 10.1. The molecule has 0 saturated carbocycles. The fourth-order valence-corrected chi connectivity index (χ4v) is 3.88. The molecule has 2 aliphatic rings. The number of hydrogen-bond donors (Lipinski definition) is 1. The zero-order valence-corrected chi connectivity index (χ0v) is 16.8. The molecule has 2 saturated heterocycles. The van der Waals surface area contributed by atoms with Crippen molar-refractivity contribution in [2.45, 2.75) is 13.0 Å². The molecule has 9 heteroatoms. The van der Waals surface area contributed by atoms with Crippen LogP contribution in [0.15, 0.2) is 42.7 Å². The highest BCUT2D eigenvalue weighted by Crippen LogP contribution is 2.26. The molecule has 2 aliphatic heterocycles. The Labute approximate surface area is 174 Å². The fourth-order valence-electron chi connectivity index (χ4n) is 3.88. The van der Waals surface area contributed by atoms with Gasteiger partial charge >= 0.3 is 0 Å². The fraction of sp³-hybridized carbons (Fsp3) is 0.381. The van der Waals surface area contributed by atoms with Crippen molar-refractivity contribution in [1.29, 1.82) is 0 Å². The minimum atomic E-state index is -0.550. The first-order valence-electron chi connectivity index (χ1n) is 10.1. The van der Waals surface area contributed by atoms with E-state index in [2.05, 4.69) is 55.3 Å². The molecule has 4 heterocycles. The Morgan fingerprint density at radius 2 is 1.93 bits per heavy atom. The van der Waals surface area contributed by atoms with Gasteiger partial charge in [-0.3, -0.25) is 4.90 Å². The highest BCUT2D eigenvalue weighted by Gasteiger charge is 2.29. The number of aromatic nitrogens is 4. The van der Waals surface area contributed by atoms with E-state index in [0.29, 0.717) is 17.8 Å². The number of ether oxygens (including phenoxy) is 1. The van der Waals surface area contributed by atoms with Crippen LogP contribution in [-0.4, -0.2) is 70.1 Å². The SMILES string of the molecule is Cc1cc(Nc2ncn(-c3cccc(F)n3)n2)cc(N2CCN(C3COC3)CC2)c1. The number of pyridine rings is 1. The molecule has 0 unspecified atom stereocenters. The zero-order valence-electron chi connectivity index (χ0n) is 16.8. The third kappa shape index (κ3) is 3.99. The number of piperazine rings is 1. The van der Waals surface area contributed by atoms with Crippen LogP contribution in [0.1, 0.15) is 5.56 Å². The maximum absolute atomic E-state index is 13.4. The Balaban J connectivity index is 1.28. The van der Waals surface area contributed by atoms with Crippen LogP contribution < -0.4 is 10.2 Å². The van der Waals surface area contributed by atoms with Gasteiger partial charge in [0.25, 0.3) is 0 Å². The van der Waals surface area contributed by atoms with Gasteiger partial charge in [0.05, 0.1) is 19.3 Å². The van der Waals surface area contributed by atoms with E-state index >= 15 is 0 Å².